The number of thiazole rings is 1. The largest absolute Gasteiger partial charge is 0.480 e. The van der Waals surface area contributed by atoms with Gasteiger partial charge in [-0.25, -0.2) is 13.4 Å². The molecule has 0 aliphatic rings. The van der Waals surface area contributed by atoms with Gasteiger partial charge in [-0.15, -0.1) is 0 Å². The van der Waals surface area contributed by atoms with Crippen molar-refractivity contribution < 1.29 is 18.3 Å². The van der Waals surface area contributed by atoms with Crippen LogP contribution in [0.5, 0.6) is 0 Å². The number of carbonyl (C=O) groups is 1. The topological polar surface area (TPSA) is 108 Å². The third-order valence-electron chi connectivity index (χ3n) is 3.48. The van der Waals surface area contributed by atoms with E-state index in [0.29, 0.717) is 21.2 Å². The Kier molecular flexibility index (Phi) is 5.42. The average molecular weight is 412 g/mol. The smallest absolute Gasteiger partial charge is 0.318 e. The number of hydrogen-bond donors (Lipinski definition) is 3. The van der Waals surface area contributed by atoms with Gasteiger partial charge in [0.2, 0.25) is 10.0 Å². The minimum atomic E-state index is -3.93. The van der Waals surface area contributed by atoms with Crippen LogP contribution in [0.1, 0.15) is 5.56 Å². The maximum atomic E-state index is 12.3. The molecule has 0 spiro atoms. The van der Waals surface area contributed by atoms with Crippen molar-refractivity contribution in [2.24, 2.45) is 0 Å². The third kappa shape index (κ3) is 4.13. The van der Waals surface area contributed by atoms with Gasteiger partial charge in [-0.05, 0) is 23.8 Å². The van der Waals surface area contributed by atoms with E-state index < -0.39 is 22.5 Å². The molecule has 0 unspecified atom stereocenters. The number of carboxylic acids is 1. The monoisotopic (exact) mass is 411 g/mol. The fourth-order valence-electron chi connectivity index (χ4n) is 2.31. The summed E-state index contributed by atoms with van der Waals surface area (Å²) in [7, 11) is -3.93. The lowest BCUT2D eigenvalue weighted by Gasteiger charge is -2.11. The lowest BCUT2D eigenvalue weighted by atomic mass is 10.2. The van der Waals surface area contributed by atoms with Gasteiger partial charge < -0.3 is 10.4 Å². The standard InChI is InChI=1S/C16H14ClN3O4S2/c17-11-5-3-6-12-15(11)20-16(25-12)18-8-10-4-1-2-7-13(10)26(23,24)19-9-14(21)22/h1-7,19H,8-9H2,(H,18,20)(H,21,22). The Balaban J connectivity index is 1.82. The van der Waals surface area contributed by atoms with Crippen molar-refractivity contribution in [3.63, 3.8) is 0 Å². The quantitative estimate of drug-likeness (QED) is 0.551. The lowest BCUT2D eigenvalue weighted by molar-refractivity contribution is -0.135. The fourth-order valence-corrected chi connectivity index (χ4v) is 4.68. The number of hydrogen-bond acceptors (Lipinski definition) is 6. The molecule has 1 aromatic heterocycles. The molecule has 26 heavy (non-hydrogen) atoms. The highest BCUT2D eigenvalue weighted by Gasteiger charge is 2.19. The number of fused-ring (bicyclic) bond motifs is 1. The van der Waals surface area contributed by atoms with Gasteiger partial charge in [0.25, 0.3) is 0 Å². The van der Waals surface area contributed by atoms with Crippen molar-refractivity contribution in [1.29, 1.82) is 0 Å². The van der Waals surface area contributed by atoms with Gasteiger partial charge in [-0.1, -0.05) is 47.2 Å². The summed E-state index contributed by atoms with van der Waals surface area (Å²) in [6.45, 7) is -0.470. The van der Waals surface area contributed by atoms with E-state index in [1.165, 1.54) is 17.4 Å². The normalized spacial score (nSPS) is 11.6. The molecular formula is C16H14ClN3O4S2. The molecule has 0 atom stereocenters. The number of nitrogens with one attached hydrogen (secondary N) is 2. The van der Waals surface area contributed by atoms with Crippen LogP contribution in [0, 0.1) is 0 Å². The molecule has 10 heteroatoms. The van der Waals surface area contributed by atoms with Gasteiger partial charge >= 0.3 is 5.97 Å². The van der Waals surface area contributed by atoms with Crippen molar-refractivity contribution in [2.75, 3.05) is 11.9 Å². The van der Waals surface area contributed by atoms with E-state index in [1.807, 2.05) is 12.1 Å². The van der Waals surface area contributed by atoms with Gasteiger partial charge in [0.15, 0.2) is 5.13 Å². The van der Waals surface area contributed by atoms with Gasteiger partial charge in [-0.3, -0.25) is 4.79 Å². The summed E-state index contributed by atoms with van der Waals surface area (Å²) in [6, 6.07) is 11.9. The highest BCUT2D eigenvalue weighted by molar-refractivity contribution is 7.89. The van der Waals surface area contributed by atoms with E-state index in [4.69, 9.17) is 16.7 Å². The SMILES string of the molecule is O=C(O)CNS(=O)(=O)c1ccccc1CNc1nc2c(Cl)cccc2s1. The lowest BCUT2D eigenvalue weighted by Crippen LogP contribution is -2.30. The summed E-state index contributed by atoms with van der Waals surface area (Å²) in [5.74, 6) is -1.25. The molecular weight excluding hydrogens is 398 g/mol. The second kappa shape index (κ2) is 7.58. The highest BCUT2D eigenvalue weighted by atomic mass is 35.5. The summed E-state index contributed by atoms with van der Waals surface area (Å²) in [6.07, 6.45) is 0. The number of aromatic nitrogens is 1. The van der Waals surface area contributed by atoms with E-state index in [0.717, 1.165) is 4.70 Å². The average Bonchev–Trinajstić information content (AvgIpc) is 3.03. The van der Waals surface area contributed by atoms with Crippen LogP contribution >= 0.6 is 22.9 Å². The van der Waals surface area contributed by atoms with E-state index in [9.17, 15) is 13.2 Å². The first kappa shape index (κ1) is 18.6. The van der Waals surface area contributed by atoms with Crippen LogP contribution in [0.25, 0.3) is 10.2 Å². The molecule has 3 aromatic rings. The Morgan fingerprint density at radius 3 is 2.69 bits per heavy atom. The predicted molar refractivity (Wildman–Crippen MR) is 101 cm³/mol. The van der Waals surface area contributed by atoms with Crippen molar-refractivity contribution in [3.8, 4) is 0 Å². The van der Waals surface area contributed by atoms with E-state index in [-0.39, 0.29) is 11.4 Å². The van der Waals surface area contributed by atoms with E-state index >= 15 is 0 Å². The number of benzene rings is 2. The second-order valence-electron chi connectivity index (χ2n) is 5.29. The zero-order chi connectivity index (χ0) is 18.7. The molecule has 0 saturated heterocycles. The Labute approximate surface area is 158 Å². The van der Waals surface area contributed by atoms with Gasteiger partial charge in [0.1, 0.15) is 12.1 Å². The number of anilines is 1. The molecule has 2 aromatic carbocycles. The number of aliphatic carboxylic acids is 1. The van der Waals surface area contributed by atoms with Crippen LogP contribution in [0.2, 0.25) is 5.02 Å². The summed E-state index contributed by atoms with van der Waals surface area (Å²) in [4.78, 5) is 15.1. The van der Waals surface area contributed by atoms with Gasteiger partial charge in [0.05, 0.1) is 14.6 Å². The molecule has 0 radical (unpaired) electrons. The van der Waals surface area contributed by atoms with Crippen molar-refractivity contribution >= 4 is 54.3 Å². The van der Waals surface area contributed by atoms with Crippen LogP contribution in [0.4, 0.5) is 5.13 Å². The number of rotatable bonds is 7. The van der Waals surface area contributed by atoms with E-state index in [1.54, 1.807) is 24.3 Å². The van der Waals surface area contributed by atoms with Crippen molar-refractivity contribution in [2.45, 2.75) is 11.4 Å². The van der Waals surface area contributed by atoms with Crippen LogP contribution in [-0.2, 0) is 21.4 Å². The minimum absolute atomic E-state index is 0.0212. The van der Waals surface area contributed by atoms with Gasteiger partial charge in [-0.2, -0.15) is 4.72 Å². The molecule has 0 bridgehead atoms. The Bertz CT molecular complexity index is 1070. The van der Waals surface area contributed by atoms with Crippen LogP contribution in [-0.4, -0.2) is 31.0 Å². The second-order valence-corrected chi connectivity index (χ2v) is 8.46. The third-order valence-corrected chi connectivity index (χ3v) is 6.26. The zero-order valence-electron chi connectivity index (χ0n) is 13.3. The number of nitrogens with zero attached hydrogens (tertiary/aromatic N) is 1. The molecule has 0 saturated carbocycles. The molecule has 3 rings (SSSR count). The van der Waals surface area contributed by atoms with Gasteiger partial charge in [0, 0.05) is 6.54 Å². The first-order chi connectivity index (χ1) is 12.4. The van der Waals surface area contributed by atoms with E-state index in [2.05, 4.69) is 15.0 Å². The molecule has 0 fully saturated rings. The van der Waals surface area contributed by atoms with Crippen LogP contribution in [0.15, 0.2) is 47.4 Å². The summed E-state index contributed by atoms with van der Waals surface area (Å²) in [5, 5.41) is 12.9. The fraction of sp³-hybridized carbons (Fsp3) is 0.125. The highest BCUT2D eigenvalue weighted by Crippen LogP contribution is 2.31. The van der Waals surface area contributed by atoms with Crippen molar-refractivity contribution in [3.05, 3.63) is 53.1 Å². The Morgan fingerprint density at radius 2 is 1.96 bits per heavy atom. The number of para-hydroxylation sites is 1. The Hall–Kier alpha value is -2.20. The van der Waals surface area contributed by atoms with Crippen LogP contribution < -0.4 is 10.0 Å². The summed E-state index contributed by atoms with van der Waals surface area (Å²) < 4.78 is 27.6. The maximum absolute atomic E-state index is 12.3. The summed E-state index contributed by atoms with van der Waals surface area (Å²) in [5.41, 5.74) is 1.18. The number of halogens is 1. The first-order valence-electron chi connectivity index (χ1n) is 7.45. The molecule has 0 aliphatic heterocycles. The summed E-state index contributed by atoms with van der Waals surface area (Å²) >= 11 is 7.52. The maximum Gasteiger partial charge on any atom is 0.318 e. The predicted octanol–water partition coefficient (Wildman–Crippen LogP) is 2.92. The number of sulfonamides is 1. The molecule has 136 valence electrons. The number of carboxylic acid groups (broad SMARTS) is 1. The molecule has 0 aliphatic carbocycles. The van der Waals surface area contributed by atoms with Crippen LogP contribution in [0.3, 0.4) is 0 Å². The molecule has 3 N–H and O–H groups in total. The first-order valence-corrected chi connectivity index (χ1v) is 10.1. The molecule has 0 amide bonds. The molecule has 1 heterocycles. The molecule has 7 nitrogen and oxygen atoms in total. The van der Waals surface area contributed by atoms with Crippen molar-refractivity contribution in [1.82, 2.24) is 9.71 Å². The Morgan fingerprint density at radius 1 is 1.19 bits per heavy atom. The zero-order valence-corrected chi connectivity index (χ0v) is 15.7. The minimum Gasteiger partial charge on any atom is -0.480 e.